The van der Waals surface area contributed by atoms with Gasteiger partial charge in [-0.05, 0) is 57.5 Å². The van der Waals surface area contributed by atoms with Crippen molar-refractivity contribution in [2.24, 2.45) is 10.9 Å². The number of aliphatic imine (C=N–C) groups is 1. The summed E-state index contributed by atoms with van der Waals surface area (Å²) in [6.07, 6.45) is 2.66. The Morgan fingerprint density at radius 3 is 2.26 bits per heavy atom. The van der Waals surface area contributed by atoms with E-state index in [9.17, 15) is 4.79 Å². The van der Waals surface area contributed by atoms with Crippen molar-refractivity contribution in [2.45, 2.75) is 32.4 Å². The molecule has 0 aromatic heterocycles. The van der Waals surface area contributed by atoms with Gasteiger partial charge in [-0.2, -0.15) is 0 Å². The van der Waals surface area contributed by atoms with Crippen molar-refractivity contribution in [1.29, 1.82) is 0 Å². The molecule has 1 fully saturated rings. The van der Waals surface area contributed by atoms with Gasteiger partial charge in [-0.1, -0.05) is 12.1 Å². The van der Waals surface area contributed by atoms with E-state index in [0.29, 0.717) is 18.2 Å². The zero-order chi connectivity index (χ0) is 19.1. The first kappa shape index (κ1) is 23.7. The summed E-state index contributed by atoms with van der Waals surface area (Å²) in [7, 11) is 7.81. The minimum atomic E-state index is 0. The maximum absolute atomic E-state index is 11.9. The van der Waals surface area contributed by atoms with Gasteiger partial charge in [0, 0.05) is 38.8 Å². The number of nitrogens with one attached hydrogen (secondary N) is 2. The summed E-state index contributed by atoms with van der Waals surface area (Å²) < 4.78 is 0. The Hall–Kier alpha value is -1.35. The van der Waals surface area contributed by atoms with Crippen LogP contribution in [0.5, 0.6) is 0 Å². The van der Waals surface area contributed by atoms with Crippen LogP contribution < -0.4 is 10.6 Å². The Morgan fingerprint density at radius 2 is 1.78 bits per heavy atom. The predicted molar refractivity (Wildman–Crippen MR) is 123 cm³/mol. The summed E-state index contributed by atoms with van der Waals surface area (Å²) in [5.41, 5.74) is 1.79. The first-order chi connectivity index (χ1) is 12.4. The number of carbonyl (C=O) groups excluding carboxylic acids is 1. The number of rotatable bonds is 8. The van der Waals surface area contributed by atoms with E-state index in [0.717, 1.165) is 30.5 Å². The Bertz CT molecular complexity index is 609. The molecule has 7 heteroatoms. The highest BCUT2D eigenvalue weighted by atomic mass is 127. The number of carbonyl (C=O) groups is 1. The third kappa shape index (κ3) is 7.65. The summed E-state index contributed by atoms with van der Waals surface area (Å²) >= 11 is 0. The lowest BCUT2D eigenvalue weighted by molar-refractivity contribution is 0.0827. The van der Waals surface area contributed by atoms with Crippen molar-refractivity contribution in [3.63, 3.8) is 0 Å². The molecule has 0 saturated heterocycles. The number of guanidine groups is 1. The first-order valence-electron chi connectivity index (χ1n) is 9.41. The molecule has 0 spiro atoms. The van der Waals surface area contributed by atoms with E-state index in [1.54, 1.807) is 19.0 Å². The van der Waals surface area contributed by atoms with E-state index in [4.69, 9.17) is 0 Å². The highest BCUT2D eigenvalue weighted by molar-refractivity contribution is 14.0. The number of hydrogen-bond donors (Lipinski definition) is 2. The van der Waals surface area contributed by atoms with Gasteiger partial charge < -0.3 is 20.4 Å². The van der Waals surface area contributed by atoms with Gasteiger partial charge in [-0.3, -0.25) is 4.79 Å². The van der Waals surface area contributed by atoms with E-state index in [2.05, 4.69) is 41.5 Å². The fourth-order valence-corrected chi connectivity index (χ4v) is 2.98. The molecule has 6 nitrogen and oxygen atoms in total. The minimum absolute atomic E-state index is 0. The summed E-state index contributed by atoms with van der Waals surface area (Å²) in [5.74, 6) is 1.67. The zero-order valence-corrected chi connectivity index (χ0v) is 19.5. The van der Waals surface area contributed by atoms with E-state index in [-0.39, 0.29) is 29.9 Å². The highest BCUT2D eigenvalue weighted by Gasteiger charge is 2.32. The lowest BCUT2D eigenvalue weighted by Gasteiger charge is -2.25. The van der Waals surface area contributed by atoms with Crippen molar-refractivity contribution in [3.8, 4) is 0 Å². The van der Waals surface area contributed by atoms with E-state index in [1.165, 1.54) is 12.8 Å². The molecule has 1 aliphatic rings. The maximum atomic E-state index is 11.9. The molecule has 0 radical (unpaired) electrons. The number of benzene rings is 1. The monoisotopic (exact) mass is 487 g/mol. The smallest absolute Gasteiger partial charge is 0.253 e. The van der Waals surface area contributed by atoms with Gasteiger partial charge in [-0.25, -0.2) is 4.99 Å². The van der Waals surface area contributed by atoms with Crippen LogP contribution in [0.1, 0.15) is 35.7 Å². The quantitative estimate of drug-likeness (QED) is 0.336. The molecular formula is C20H34IN5O. The fourth-order valence-electron chi connectivity index (χ4n) is 2.98. The second-order valence-electron chi connectivity index (χ2n) is 7.34. The Kier molecular flexibility index (Phi) is 10.1. The molecule has 1 aromatic rings. The second kappa shape index (κ2) is 11.5. The van der Waals surface area contributed by atoms with E-state index < -0.39 is 0 Å². The van der Waals surface area contributed by atoms with Crippen molar-refractivity contribution >= 4 is 35.8 Å². The van der Waals surface area contributed by atoms with Crippen LogP contribution in [-0.4, -0.2) is 69.0 Å². The van der Waals surface area contributed by atoms with E-state index in [1.807, 2.05) is 24.3 Å². The van der Waals surface area contributed by atoms with Crippen LogP contribution in [0.3, 0.4) is 0 Å². The predicted octanol–water partition coefficient (Wildman–Crippen LogP) is 2.40. The van der Waals surface area contributed by atoms with Crippen LogP contribution in [-0.2, 0) is 6.54 Å². The molecule has 27 heavy (non-hydrogen) atoms. The van der Waals surface area contributed by atoms with Gasteiger partial charge in [0.1, 0.15) is 0 Å². The number of hydrogen-bond acceptors (Lipinski definition) is 3. The SMILES string of the molecule is CCNC(=NCc1ccc(C(=O)N(C)C)cc1)NCC(C1CC1)N(C)C.I. The molecule has 0 bridgehead atoms. The third-order valence-electron chi connectivity index (χ3n) is 4.68. The molecule has 152 valence electrons. The fraction of sp³-hybridized carbons (Fsp3) is 0.600. The molecule has 1 saturated carbocycles. The molecule has 0 heterocycles. The van der Waals surface area contributed by atoms with Gasteiger partial charge in [0.2, 0.25) is 0 Å². The Morgan fingerprint density at radius 1 is 1.15 bits per heavy atom. The molecule has 1 unspecified atom stereocenters. The lowest BCUT2D eigenvalue weighted by Crippen LogP contribution is -2.46. The summed E-state index contributed by atoms with van der Waals surface area (Å²) in [6.45, 7) is 4.39. The molecular weight excluding hydrogens is 453 g/mol. The number of halogens is 1. The molecule has 1 aromatic carbocycles. The summed E-state index contributed by atoms with van der Waals surface area (Å²) in [5, 5.41) is 6.79. The average molecular weight is 487 g/mol. The lowest BCUT2D eigenvalue weighted by atomic mass is 10.1. The van der Waals surface area contributed by atoms with Crippen molar-refractivity contribution in [3.05, 3.63) is 35.4 Å². The average Bonchev–Trinajstić information content (AvgIpc) is 3.44. The van der Waals surface area contributed by atoms with Gasteiger partial charge >= 0.3 is 0 Å². The minimum Gasteiger partial charge on any atom is -0.357 e. The number of amides is 1. The first-order valence-corrected chi connectivity index (χ1v) is 9.41. The normalized spacial score (nSPS) is 15.1. The maximum Gasteiger partial charge on any atom is 0.253 e. The van der Waals surface area contributed by atoms with E-state index >= 15 is 0 Å². The Balaban J connectivity index is 0.00000364. The summed E-state index contributed by atoms with van der Waals surface area (Å²) in [6, 6.07) is 8.22. The molecule has 1 aliphatic carbocycles. The van der Waals surface area contributed by atoms with Crippen LogP contribution in [0.15, 0.2) is 29.3 Å². The van der Waals surface area contributed by atoms with Crippen LogP contribution >= 0.6 is 24.0 Å². The molecule has 1 atom stereocenters. The topological polar surface area (TPSA) is 60.0 Å². The third-order valence-corrected chi connectivity index (χ3v) is 4.68. The van der Waals surface area contributed by atoms with Crippen LogP contribution in [0.2, 0.25) is 0 Å². The van der Waals surface area contributed by atoms with Gasteiger partial charge in [0.05, 0.1) is 6.54 Å². The standard InChI is InChI=1S/C20H33N5O.HI/c1-6-21-20(23-14-18(24(2)3)16-11-12-16)22-13-15-7-9-17(10-8-15)19(26)25(4)5;/h7-10,16,18H,6,11-14H2,1-5H3,(H2,21,22,23);1H. The zero-order valence-electron chi connectivity index (χ0n) is 17.2. The number of likely N-dealkylation sites (N-methyl/N-ethyl adjacent to an activating group) is 1. The molecule has 0 aliphatic heterocycles. The largest absolute Gasteiger partial charge is 0.357 e. The van der Waals surface area contributed by atoms with Crippen LogP contribution in [0.25, 0.3) is 0 Å². The van der Waals surface area contributed by atoms with Gasteiger partial charge in [0.25, 0.3) is 5.91 Å². The van der Waals surface area contributed by atoms with Crippen molar-refractivity contribution in [2.75, 3.05) is 41.3 Å². The van der Waals surface area contributed by atoms with Gasteiger partial charge in [-0.15, -0.1) is 24.0 Å². The van der Waals surface area contributed by atoms with Crippen LogP contribution in [0.4, 0.5) is 0 Å². The Labute approximate surface area is 180 Å². The molecule has 1 amide bonds. The number of nitrogens with zero attached hydrogens (tertiary/aromatic N) is 3. The molecule has 2 N–H and O–H groups in total. The second-order valence-corrected chi connectivity index (χ2v) is 7.34. The van der Waals surface area contributed by atoms with Crippen LogP contribution in [0, 0.1) is 5.92 Å². The highest BCUT2D eigenvalue weighted by Crippen LogP contribution is 2.34. The summed E-state index contributed by atoms with van der Waals surface area (Å²) in [4.78, 5) is 20.5. The molecule has 2 rings (SSSR count). The van der Waals surface area contributed by atoms with Crippen molar-refractivity contribution < 1.29 is 4.79 Å². The van der Waals surface area contributed by atoms with Crippen molar-refractivity contribution in [1.82, 2.24) is 20.4 Å². The van der Waals surface area contributed by atoms with Gasteiger partial charge in [0.15, 0.2) is 5.96 Å².